The highest BCUT2D eigenvalue weighted by atomic mass is 32.1. The molecule has 2 heterocycles. The molecule has 3 aromatic rings. The Morgan fingerprint density at radius 2 is 2.14 bits per heavy atom. The number of ether oxygens (including phenoxy) is 1. The molecule has 108 valence electrons. The highest BCUT2D eigenvalue weighted by Crippen LogP contribution is 2.23. The molecule has 0 saturated heterocycles. The van der Waals surface area contributed by atoms with Crippen LogP contribution in [0.2, 0.25) is 0 Å². The van der Waals surface area contributed by atoms with Crippen LogP contribution in [0.15, 0.2) is 46.7 Å². The van der Waals surface area contributed by atoms with Crippen molar-refractivity contribution < 1.29 is 4.74 Å². The van der Waals surface area contributed by atoms with Crippen LogP contribution in [-0.4, -0.2) is 11.2 Å². The molecule has 4 nitrogen and oxygen atoms in total. The summed E-state index contributed by atoms with van der Waals surface area (Å²) in [5.41, 5.74) is 7.44. The second-order valence-electron chi connectivity index (χ2n) is 4.75. The molecule has 1 aromatic carbocycles. The molecule has 0 fully saturated rings. The number of nitrogens with two attached hydrogens (primary N) is 1. The Balaban J connectivity index is 2.03. The summed E-state index contributed by atoms with van der Waals surface area (Å²) in [5, 5.41) is 2.69. The van der Waals surface area contributed by atoms with Gasteiger partial charge >= 0.3 is 0 Å². The summed E-state index contributed by atoms with van der Waals surface area (Å²) in [4.78, 5) is 12.4. The minimum Gasteiger partial charge on any atom is -0.494 e. The van der Waals surface area contributed by atoms with E-state index in [2.05, 4.69) is 0 Å². The molecule has 21 heavy (non-hydrogen) atoms. The summed E-state index contributed by atoms with van der Waals surface area (Å²) in [6, 6.07) is 9.34. The van der Waals surface area contributed by atoms with Crippen molar-refractivity contribution in [3.63, 3.8) is 0 Å². The van der Waals surface area contributed by atoms with Gasteiger partial charge in [0.1, 0.15) is 5.75 Å². The van der Waals surface area contributed by atoms with Crippen LogP contribution in [0.3, 0.4) is 0 Å². The molecule has 5 heteroatoms. The predicted molar refractivity (Wildman–Crippen MR) is 87.2 cm³/mol. The number of aromatic nitrogens is 1. The van der Waals surface area contributed by atoms with E-state index in [4.69, 9.17) is 10.5 Å². The maximum atomic E-state index is 12.4. The molecule has 2 N–H and O–H groups in total. The third-order valence-corrected chi connectivity index (χ3v) is 4.20. The zero-order valence-electron chi connectivity index (χ0n) is 11.7. The normalized spacial score (nSPS) is 10.9. The number of hydrogen-bond donors (Lipinski definition) is 1. The van der Waals surface area contributed by atoms with Gasteiger partial charge in [0, 0.05) is 22.1 Å². The van der Waals surface area contributed by atoms with E-state index in [0.717, 1.165) is 21.4 Å². The molecule has 2 aromatic heterocycles. The van der Waals surface area contributed by atoms with Gasteiger partial charge in [-0.2, -0.15) is 0 Å². The Kier molecular flexibility index (Phi) is 3.66. The first-order valence-corrected chi connectivity index (χ1v) is 7.65. The smallest absolute Gasteiger partial charge is 0.259 e. The van der Waals surface area contributed by atoms with Crippen molar-refractivity contribution in [3.8, 4) is 5.75 Å². The number of thiophene rings is 1. The van der Waals surface area contributed by atoms with Crippen LogP contribution in [0.5, 0.6) is 5.75 Å². The van der Waals surface area contributed by atoms with E-state index in [9.17, 15) is 4.79 Å². The molecule has 0 bridgehead atoms. The lowest BCUT2D eigenvalue weighted by Crippen LogP contribution is -2.19. The summed E-state index contributed by atoms with van der Waals surface area (Å²) < 4.78 is 8.30. The van der Waals surface area contributed by atoms with Crippen LogP contribution in [0.1, 0.15) is 12.5 Å². The quantitative estimate of drug-likeness (QED) is 0.753. The van der Waals surface area contributed by atoms with Crippen molar-refractivity contribution in [2.75, 3.05) is 12.3 Å². The number of anilines is 1. The Morgan fingerprint density at radius 3 is 2.95 bits per heavy atom. The second kappa shape index (κ2) is 5.61. The lowest BCUT2D eigenvalue weighted by Gasteiger charge is -2.12. The van der Waals surface area contributed by atoms with Gasteiger partial charge in [0.15, 0.2) is 0 Å². The van der Waals surface area contributed by atoms with Crippen LogP contribution < -0.4 is 16.0 Å². The van der Waals surface area contributed by atoms with Crippen molar-refractivity contribution in [1.29, 1.82) is 0 Å². The third-order valence-electron chi connectivity index (χ3n) is 3.32. The Hall–Kier alpha value is -2.27. The zero-order chi connectivity index (χ0) is 14.8. The first kappa shape index (κ1) is 13.7. The molecule has 0 unspecified atom stereocenters. The standard InChI is InChI=1S/C16H16N2O2S/c1-2-20-14-4-3-12(17)9-11(14)10-18-7-5-15-13(16(18)19)6-8-21-15/h3-9H,2,10,17H2,1H3. The van der Waals surface area contributed by atoms with Gasteiger partial charge in [0.25, 0.3) is 5.56 Å². The van der Waals surface area contributed by atoms with Gasteiger partial charge in [0.2, 0.25) is 0 Å². The molecule has 0 spiro atoms. The van der Waals surface area contributed by atoms with E-state index >= 15 is 0 Å². The Bertz CT molecular complexity index is 836. The Morgan fingerprint density at radius 1 is 1.29 bits per heavy atom. The monoisotopic (exact) mass is 300 g/mol. The van der Waals surface area contributed by atoms with E-state index in [0.29, 0.717) is 18.8 Å². The molecule has 0 aliphatic carbocycles. The molecule has 0 radical (unpaired) electrons. The fraction of sp³-hybridized carbons (Fsp3) is 0.188. The van der Waals surface area contributed by atoms with Crippen LogP contribution in [-0.2, 0) is 6.54 Å². The lowest BCUT2D eigenvalue weighted by atomic mass is 10.1. The van der Waals surface area contributed by atoms with Gasteiger partial charge in [0.05, 0.1) is 18.5 Å². The van der Waals surface area contributed by atoms with Crippen molar-refractivity contribution in [2.45, 2.75) is 13.5 Å². The second-order valence-corrected chi connectivity index (χ2v) is 5.70. The average Bonchev–Trinajstić information content (AvgIpc) is 2.94. The number of rotatable bonds is 4. The fourth-order valence-electron chi connectivity index (χ4n) is 2.33. The molecule has 0 atom stereocenters. The van der Waals surface area contributed by atoms with Crippen molar-refractivity contribution in [3.05, 3.63) is 57.8 Å². The first-order valence-electron chi connectivity index (χ1n) is 6.77. The van der Waals surface area contributed by atoms with Crippen LogP contribution >= 0.6 is 11.3 Å². The van der Waals surface area contributed by atoms with E-state index in [1.54, 1.807) is 22.0 Å². The molecule has 3 rings (SSSR count). The highest BCUT2D eigenvalue weighted by Gasteiger charge is 2.08. The van der Waals surface area contributed by atoms with Crippen LogP contribution in [0.25, 0.3) is 10.1 Å². The number of hydrogen-bond acceptors (Lipinski definition) is 4. The van der Waals surface area contributed by atoms with Gasteiger partial charge in [-0.25, -0.2) is 0 Å². The van der Waals surface area contributed by atoms with Crippen molar-refractivity contribution in [2.24, 2.45) is 0 Å². The van der Waals surface area contributed by atoms with Gasteiger partial charge in [-0.3, -0.25) is 4.79 Å². The SMILES string of the molecule is CCOc1ccc(N)cc1Cn1ccc2sccc2c1=O. The molecule has 0 amide bonds. The zero-order valence-corrected chi connectivity index (χ0v) is 12.5. The highest BCUT2D eigenvalue weighted by molar-refractivity contribution is 7.17. The summed E-state index contributed by atoms with van der Waals surface area (Å²) in [6.45, 7) is 2.96. The van der Waals surface area contributed by atoms with Crippen LogP contribution in [0.4, 0.5) is 5.69 Å². The average molecular weight is 300 g/mol. The minimum absolute atomic E-state index is 0.0126. The van der Waals surface area contributed by atoms with E-state index < -0.39 is 0 Å². The summed E-state index contributed by atoms with van der Waals surface area (Å²) in [7, 11) is 0. The Labute approximate surface area is 126 Å². The topological polar surface area (TPSA) is 57.2 Å². The van der Waals surface area contributed by atoms with E-state index in [1.807, 2.05) is 42.8 Å². The molecular weight excluding hydrogens is 284 g/mol. The van der Waals surface area contributed by atoms with E-state index in [1.165, 1.54) is 0 Å². The van der Waals surface area contributed by atoms with Crippen LogP contribution in [0, 0.1) is 0 Å². The maximum absolute atomic E-state index is 12.4. The van der Waals surface area contributed by atoms with Gasteiger partial charge in [-0.05, 0) is 42.6 Å². The number of benzene rings is 1. The number of pyridine rings is 1. The number of nitrogens with zero attached hydrogens (tertiary/aromatic N) is 1. The van der Waals surface area contributed by atoms with Gasteiger partial charge in [-0.15, -0.1) is 11.3 Å². The van der Waals surface area contributed by atoms with Gasteiger partial charge in [-0.1, -0.05) is 0 Å². The maximum Gasteiger partial charge on any atom is 0.259 e. The molecule has 0 aliphatic rings. The summed E-state index contributed by atoms with van der Waals surface area (Å²) >= 11 is 1.57. The summed E-state index contributed by atoms with van der Waals surface area (Å²) in [6.07, 6.45) is 1.82. The van der Waals surface area contributed by atoms with Gasteiger partial charge < -0.3 is 15.0 Å². The van der Waals surface area contributed by atoms with Crippen molar-refractivity contribution in [1.82, 2.24) is 4.57 Å². The lowest BCUT2D eigenvalue weighted by molar-refractivity contribution is 0.336. The number of fused-ring (bicyclic) bond motifs is 1. The van der Waals surface area contributed by atoms with Crippen molar-refractivity contribution >= 4 is 27.1 Å². The third kappa shape index (κ3) is 2.64. The molecule has 0 aliphatic heterocycles. The fourth-order valence-corrected chi connectivity index (χ4v) is 3.11. The number of nitrogen functional groups attached to an aromatic ring is 1. The summed E-state index contributed by atoms with van der Waals surface area (Å²) in [5.74, 6) is 0.768. The predicted octanol–water partition coefficient (Wildman–Crippen LogP) is 3.09. The minimum atomic E-state index is 0.0126. The molecule has 0 saturated carbocycles. The largest absolute Gasteiger partial charge is 0.494 e. The van der Waals surface area contributed by atoms with E-state index in [-0.39, 0.29) is 5.56 Å². The first-order chi connectivity index (χ1) is 10.2. The molecular formula is C16H16N2O2S.